The number of hydrogen-bond donors (Lipinski definition) is 0. The third-order valence-electron chi connectivity index (χ3n) is 15.3. The van der Waals surface area contributed by atoms with Gasteiger partial charge in [-0.15, -0.1) is 0 Å². The predicted molar refractivity (Wildman–Crippen MR) is 275 cm³/mol. The number of nitrogens with zero attached hydrogens (tertiary/aromatic N) is 3. The average molecular weight is 838 g/mol. The van der Waals surface area contributed by atoms with Crippen LogP contribution in [0.5, 0.6) is 0 Å². The van der Waals surface area contributed by atoms with Crippen LogP contribution in [0.2, 0.25) is 0 Å². The van der Waals surface area contributed by atoms with Gasteiger partial charge in [-0.2, -0.15) is 0 Å². The zero-order valence-corrected chi connectivity index (χ0v) is 39.5. The highest BCUT2D eigenvalue weighted by molar-refractivity contribution is 7.00. The molecule has 1 unspecified atom stereocenters. The number of anilines is 8. The molecule has 4 nitrogen and oxygen atoms in total. The number of aryl methyl sites for hydroxylation is 1. The lowest BCUT2D eigenvalue weighted by Gasteiger charge is -2.49. The van der Waals surface area contributed by atoms with Crippen molar-refractivity contribution in [2.75, 3.05) is 14.7 Å². The van der Waals surface area contributed by atoms with Crippen molar-refractivity contribution in [1.82, 2.24) is 0 Å². The normalized spacial score (nSPS) is 17.2. The van der Waals surface area contributed by atoms with E-state index in [1.807, 2.05) is 0 Å². The van der Waals surface area contributed by atoms with Crippen LogP contribution in [0.15, 0.2) is 144 Å². The molecule has 1 atom stereocenters. The summed E-state index contributed by atoms with van der Waals surface area (Å²) in [6, 6.07) is 52.9. The molecule has 3 aliphatic heterocycles. The first-order valence-corrected chi connectivity index (χ1v) is 23.4. The first kappa shape index (κ1) is 40.6. The minimum Gasteiger partial charge on any atom is -0.454 e. The van der Waals surface area contributed by atoms with Crippen LogP contribution in [-0.4, -0.2) is 12.3 Å². The second kappa shape index (κ2) is 13.9. The number of furan rings is 1. The van der Waals surface area contributed by atoms with Crippen LogP contribution in [0, 0.1) is 6.92 Å². The van der Waals surface area contributed by atoms with Gasteiger partial charge in [0.25, 0.3) is 6.71 Å². The lowest BCUT2D eigenvalue weighted by atomic mass is 9.33. The van der Waals surface area contributed by atoms with Crippen LogP contribution in [-0.2, 0) is 16.2 Å². The van der Waals surface area contributed by atoms with Gasteiger partial charge in [0.1, 0.15) is 5.58 Å². The highest BCUT2D eigenvalue weighted by atomic mass is 16.3. The average Bonchev–Trinajstić information content (AvgIpc) is 3.72. The zero-order valence-electron chi connectivity index (χ0n) is 39.5. The van der Waals surface area contributed by atoms with E-state index < -0.39 is 0 Å². The van der Waals surface area contributed by atoms with E-state index in [2.05, 4.69) is 230 Å². The van der Waals surface area contributed by atoms with E-state index in [0.717, 1.165) is 57.5 Å². The molecule has 1 aromatic heterocycles. The summed E-state index contributed by atoms with van der Waals surface area (Å²) in [6.45, 7) is 25.8. The Bertz CT molecular complexity index is 3110. The Hall–Kier alpha value is -6.20. The fourth-order valence-corrected chi connectivity index (χ4v) is 11.7. The highest BCUT2D eigenvalue weighted by Crippen LogP contribution is 2.58. The second-order valence-corrected chi connectivity index (χ2v) is 21.6. The SMILES string of the molecule is CCCC1(C)c2cccc3c2N(c2cc(C)cc4c2B3c2ccc(N(c3ccc(C(C)(C)C)cc3)c3ccc(C(C)(C)C)cc3)cc2N4c2cccc3c2oc2ccccc23)C1(C)C. The molecule has 0 bridgehead atoms. The molecule has 0 N–H and O–H groups in total. The molecule has 0 saturated carbocycles. The van der Waals surface area contributed by atoms with Crippen LogP contribution in [0.25, 0.3) is 21.9 Å². The summed E-state index contributed by atoms with van der Waals surface area (Å²) < 4.78 is 6.92. The molecule has 0 radical (unpaired) electrons. The maximum absolute atomic E-state index is 6.92. The van der Waals surface area contributed by atoms with E-state index in [1.54, 1.807) is 0 Å². The van der Waals surface area contributed by atoms with Gasteiger partial charge in [0.05, 0.1) is 5.69 Å². The first-order chi connectivity index (χ1) is 30.5. The molecule has 5 heteroatoms. The Balaban J connectivity index is 1.21. The predicted octanol–water partition coefficient (Wildman–Crippen LogP) is 14.6. The van der Waals surface area contributed by atoms with Crippen molar-refractivity contribution in [2.24, 2.45) is 0 Å². The van der Waals surface area contributed by atoms with E-state index in [-0.39, 0.29) is 28.5 Å². The maximum Gasteiger partial charge on any atom is 0.252 e. The molecule has 11 rings (SSSR count). The Morgan fingerprint density at radius 3 is 1.86 bits per heavy atom. The lowest BCUT2D eigenvalue weighted by molar-refractivity contribution is 0.281. The van der Waals surface area contributed by atoms with Crippen molar-refractivity contribution in [3.63, 3.8) is 0 Å². The second-order valence-electron chi connectivity index (χ2n) is 21.6. The molecular formula is C59H60BN3O. The van der Waals surface area contributed by atoms with Gasteiger partial charge in [-0.25, -0.2) is 0 Å². The lowest BCUT2D eigenvalue weighted by Crippen LogP contribution is -2.63. The third-order valence-corrected chi connectivity index (χ3v) is 15.3. The summed E-state index contributed by atoms with van der Waals surface area (Å²) in [6.07, 6.45) is 2.25. The summed E-state index contributed by atoms with van der Waals surface area (Å²) in [5.41, 5.74) is 20.6. The summed E-state index contributed by atoms with van der Waals surface area (Å²) >= 11 is 0. The molecule has 8 aromatic rings. The first-order valence-electron chi connectivity index (χ1n) is 23.4. The Morgan fingerprint density at radius 2 is 1.20 bits per heavy atom. The summed E-state index contributed by atoms with van der Waals surface area (Å²) in [4.78, 5) is 7.72. The van der Waals surface area contributed by atoms with E-state index >= 15 is 0 Å². The molecule has 3 aliphatic rings. The molecule has 4 heterocycles. The molecular weight excluding hydrogens is 777 g/mol. The quantitative estimate of drug-likeness (QED) is 0.156. The van der Waals surface area contributed by atoms with Gasteiger partial charge < -0.3 is 19.1 Å². The van der Waals surface area contributed by atoms with Crippen molar-refractivity contribution >= 4 is 90.5 Å². The smallest absolute Gasteiger partial charge is 0.252 e. The fourth-order valence-electron chi connectivity index (χ4n) is 11.7. The van der Waals surface area contributed by atoms with Gasteiger partial charge in [0.15, 0.2) is 5.58 Å². The Labute approximate surface area is 380 Å². The number of fused-ring (bicyclic) bond motifs is 7. The van der Waals surface area contributed by atoms with Crippen LogP contribution in [0.3, 0.4) is 0 Å². The monoisotopic (exact) mass is 837 g/mol. The Morgan fingerprint density at radius 1 is 0.594 bits per heavy atom. The minimum atomic E-state index is -0.159. The molecule has 7 aromatic carbocycles. The molecule has 0 saturated heterocycles. The van der Waals surface area contributed by atoms with Crippen molar-refractivity contribution in [1.29, 1.82) is 0 Å². The molecule has 0 spiro atoms. The zero-order chi connectivity index (χ0) is 44.7. The molecule has 64 heavy (non-hydrogen) atoms. The standard InChI is InChI=1S/C59H60BN3O/c1-12-33-59(11)45-19-16-20-47-54(45)63(58(59,9)10)51-35-37(2)34-50-53(51)60(47)46-32-31-42(36-49(46)62(50)48-21-15-18-44-43-17-13-14-22-52(43)64-55(44)48)61(40-27-23-38(24-28-40)56(3,4)5)41-29-25-39(26-30-41)57(6,7)8/h13-32,34-36H,12,33H2,1-11H3. The minimum absolute atomic E-state index is 0.0327. The number of hydrogen-bond acceptors (Lipinski definition) is 4. The van der Waals surface area contributed by atoms with Gasteiger partial charge in [-0.05, 0) is 137 Å². The topological polar surface area (TPSA) is 22.9 Å². The van der Waals surface area contributed by atoms with Crippen molar-refractivity contribution < 1.29 is 4.42 Å². The van der Waals surface area contributed by atoms with Gasteiger partial charge in [0, 0.05) is 61.5 Å². The van der Waals surface area contributed by atoms with Crippen LogP contribution < -0.4 is 31.1 Å². The van der Waals surface area contributed by atoms with Crippen LogP contribution in [0.4, 0.5) is 45.5 Å². The molecule has 0 amide bonds. The van der Waals surface area contributed by atoms with E-state index in [1.165, 1.54) is 61.4 Å². The van der Waals surface area contributed by atoms with E-state index in [9.17, 15) is 0 Å². The Kier molecular flexibility index (Phi) is 8.81. The van der Waals surface area contributed by atoms with Gasteiger partial charge in [-0.3, -0.25) is 0 Å². The summed E-state index contributed by atoms with van der Waals surface area (Å²) in [5.74, 6) is 0. The summed E-state index contributed by atoms with van der Waals surface area (Å²) in [7, 11) is 0. The van der Waals surface area contributed by atoms with E-state index in [4.69, 9.17) is 4.42 Å². The number of benzene rings is 7. The van der Waals surface area contributed by atoms with Gasteiger partial charge in [0.2, 0.25) is 0 Å². The van der Waals surface area contributed by atoms with Gasteiger partial charge in [-0.1, -0.05) is 141 Å². The largest absolute Gasteiger partial charge is 0.454 e. The van der Waals surface area contributed by atoms with E-state index in [0.29, 0.717) is 0 Å². The fraction of sp³-hybridized carbons (Fsp3) is 0.288. The number of para-hydroxylation sites is 3. The van der Waals surface area contributed by atoms with Crippen molar-refractivity contribution in [3.05, 3.63) is 162 Å². The highest BCUT2D eigenvalue weighted by Gasteiger charge is 2.58. The van der Waals surface area contributed by atoms with Crippen LogP contribution in [0.1, 0.15) is 104 Å². The molecule has 320 valence electrons. The van der Waals surface area contributed by atoms with Crippen molar-refractivity contribution in [3.8, 4) is 0 Å². The third kappa shape index (κ3) is 5.75. The van der Waals surface area contributed by atoms with Crippen LogP contribution >= 0.6 is 0 Å². The molecule has 0 fully saturated rings. The summed E-state index contributed by atoms with van der Waals surface area (Å²) in [5, 5.41) is 2.26. The molecule has 0 aliphatic carbocycles. The van der Waals surface area contributed by atoms with Gasteiger partial charge >= 0.3 is 0 Å². The maximum atomic E-state index is 6.92. The number of rotatable bonds is 6. The van der Waals surface area contributed by atoms with Crippen molar-refractivity contribution in [2.45, 2.75) is 111 Å².